The minimum atomic E-state index is -1.18. The number of nitrogens with one attached hydrogen (secondary N) is 3. The third-order valence-corrected chi connectivity index (χ3v) is 4.47. The second-order valence-electron chi connectivity index (χ2n) is 6.96. The first-order chi connectivity index (χ1) is 12.5. The second-order valence-corrected chi connectivity index (χ2v) is 7.33. The Labute approximate surface area is 165 Å². The number of amides is 3. The van der Waals surface area contributed by atoms with Crippen LogP contribution in [-0.4, -0.2) is 59.2 Å². The third-order valence-electron chi connectivity index (χ3n) is 4.08. The van der Waals surface area contributed by atoms with E-state index in [-0.39, 0.29) is 17.6 Å². The van der Waals surface area contributed by atoms with E-state index in [0.717, 1.165) is 0 Å². The van der Waals surface area contributed by atoms with Crippen molar-refractivity contribution in [2.75, 3.05) is 12.3 Å². The van der Waals surface area contributed by atoms with Crippen molar-refractivity contribution in [3.63, 3.8) is 0 Å². The molecule has 4 unspecified atom stereocenters. The van der Waals surface area contributed by atoms with Crippen molar-refractivity contribution in [3.8, 4) is 0 Å². The van der Waals surface area contributed by atoms with Gasteiger partial charge in [0.1, 0.15) is 18.6 Å². The highest BCUT2D eigenvalue weighted by molar-refractivity contribution is 7.80. The molecule has 0 aromatic rings. The molecule has 0 heterocycles. The monoisotopic (exact) mass is 404 g/mol. The van der Waals surface area contributed by atoms with E-state index >= 15 is 0 Å². The van der Waals surface area contributed by atoms with Crippen LogP contribution in [0.2, 0.25) is 0 Å². The first-order valence-corrected chi connectivity index (χ1v) is 9.63. The van der Waals surface area contributed by atoms with E-state index < -0.39 is 48.4 Å². The van der Waals surface area contributed by atoms with Crippen LogP contribution in [0.15, 0.2) is 0 Å². The van der Waals surface area contributed by atoms with Crippen LogP contribution >= 0.6 is 12.6 Å². The number of hydrogen-bond donors (Lipinski definition) is 6. The zero-order valence-corrected chi connectivity index (χ0v) is 17.2. The number of carboxylic acid groups (broad SMARTS) is 1. The van der Waals surface area contributed by atoms with Crippen LogP contribution in [0.5, 0.6) is 0 Å². The van der Waals surface area contributed by atoms with E-state index in [9.17, 15) is 19.2 Å². The zero-order chi connectivity index (χ0) is 21.1. The lowest BCUT2D eigenvalue weighted by Gasteiger charge is -2.27. The largest absolute Gasteiger partial charge is 0.480 e. The van der Waals surface area contributed by atoms with Gasteiger partial charge in [-0.3, -0.25) is 19.2 Å². The summed E-state index contributed by atoms with van der Waals surface area (Å²) in [6.07, 6.45) is 0.947. The van der Waals surface area contributed by atoms with Crippen molar-refractivity contribution >= 4 is 36.3 Å². The molecule has 0 fully saturated rings. The molecule has 3 amide bonds. The molecule has 9 nitrogen and oxygen atoms in total. The Morgan fingerprint density at radius 1 is 1.04 bits per heavy atom. The fourth-order valence-corrected chi connectivity index (χ4v) is 2.46. The molecule has 0 saturated carbocycles. The average Bonchev–Trinajstić information content (AvgIpc) is 2.61. The number of rotatable bonds is 12. The van der Waals surface area contributed by atoms with Crippen LogP contribution in [0.4, 0.5) is 0 Å². The predicted molar refractivity (Wildman–Crippen MR) is 105 cm³/mol. The minimum Gasteiger partial charge on any atom is -0.480 e. The fourth-order valence-electron chi connectivity index (χ4n) is 2.30. The maximum atomic E-state index is 12.7. The van der Waals surface area contributed by atoms with Gasteiger partial charge in [0, 0.05) is 5.75 Å². The second kappa shape index (κ2) is 12.6. The highest BCUT2D eigenvalue weighted by atomic mass is 32.1. The molecule has 0 radical (unpaired) electrons. The summed E-state index contributed by atoms with van der Waals surface area (Å²) in [5, 5.41) is 16.2. The van der Waals surface area contributed by atoms with Gasteiger partial charge in [-0.15, -0.1) is 0 Å². The van der Waals surface area contributed by atoms with Gasteiger partial charge in [0.05, 0.1) is 6.04 Å². The predicted octanol–water partition coefficient (Wildman–Crippen LogP) is -0.494. The molecule has 0 spiro atoms. The highest BCUT2D eigenvalue weighted by Gasteiger charge is 2.31. The number of aliphatic carboxylic acids is 1. The van der Waals surface area contributed by atoms with Gasteiger partial charge in [0.2, 0.25) is 17.7 Å². The Balaban J connectivity index is 5.25. The lowest BCUT2D eigenvalue weighted by molar-refractivity contribution is -0.138. The topological polar surface area (TPSA) is 151 Å². The van der Waals surface area contributed by atoms with Crippen LogP contribution in [0.25, 0.3) is 0 Å². The number of nitrogens with two attached hydrogens (primary N) is 1. The summed E-state index contributed by atoms with van der Waals surface area (Å²) >= 11 is 3.98. The number of carbonyl (C=O) groups is 4. The molecule has 0 bridgehead atoms. The van der Waals surface area contributed by atoms with Crippen molar-refractivity contribution < 1.29 is 24.3 Å². The van der Waals surface area contributed by atoms with E-state index in [1.807, 2.05) is 20.8 Å². The van der Waals surface area contributed by atoms with Gasteiger partial charge in [-0.1, -0.05) is 34.1 Å². The van der Waals surface area contributed by atoms with E-state index in [4.69, 9.17) is 10.8 Å². The van der Waals surface area contributed by atoms with Gasteiger partial charge in [-0.2, -0.15) is 12.6 Å². The molecule has 6 N–H and O–H groups in total. The van der Waals surface area contributed by atoms with Gasteiger partial charge < -0.3 is 26.8 Å². The molecule has 10 heteroatoms. The number of thiol groups is 1. The van der Waals surface area contributed by atoms with Crippen LogP contribution in [0.3, 0.4) is 0 Å². The summed E-state index contributed by atoms with van der Waals surface area (Å²) in [6.45, 7) is 6.90. The van der Waals surface area contributed by atoms with Crippen molar-refractivity contribution in [2.45, 2.75) is 58.7 Å². The molecule has 27 heavy (non-hydrogen) atoms. The number of carboxylic acids is 1. The summed E-state index contributed by atoms with van der Waals surface area (Å²) in [5.41, 5.74) is 5.65. The summed E-state index contributed by atoms with van der Waals surface area (Å²) in [7, 11) is 0. The molecule has 156 valence electrons. The summed E-state index contributed by atoms with van der Waals surface area (Å²) in [4.78, 5) is 47.7. The van der Waals surface area contributed by atoms with Gasteiger partial charge in [0.15, 0.2) is 0 Å². The molecule has 0 aliphatic carbocycles. The first-order valence-electron chi connectivity index (χ1n) is 9.00. The molecule has 0 saturated heterocycles. The van der Waals surface area contributed by atoms with Gasteiger partial charge in [0.25, 0.3) is 0 Å². The van der Waals surface area contributed by atoms with Crippen molar-refractivity contribution in [2.24, 2.45) is 17.6 Å². The Bertz CT molecular complexity index is 529. The minimum absolute atomic E-state index is 0.0834. The van der Waals surface area contributed by atoms with E-state index in [2.05, 4.69) is 28.6 Å². The quantitative estimate of drug-likeness (QED) is 0.242. The first kappa shape index (κ1) is 25.2. The van der Waals surface area contributed by atoms with Crippen LogP contribution in [-0.2, 0) is 19.2 Å². The lowest BCUT2D eigenvalue weighted by Crippen LogP contribution is -2.58. The molecule has 0 aromatic carbocycles. The third kappa shape index (κ3) is 9.62. The lowest BCUT2D eigenvalue weighted by atomic mass is 9.96. The molecular weight excluding hydrogens is 372 g/mol. The Morgan fingerprint density at radius 2 is 1.63 bits per heavy atom. The van der Waals surface area contributed by atoms with E-state index in [1.54, 1.807) is 6.92 Å². The Hall–Kier alpha value is -1.81. The van der Waals surface area contributed by atoms with Gasteiger partial charge in [-0.25, -0.2) is 0 Å². The smallest absolute Gasteiger partial charge is 0.322 e. The maximum absolute atomic E-state index is 12.7. The molecule has 0 aliphatic rings. The van der Waals surface area contributed by atoms with Gasteiger partial charge >= 0.3 is 5.97 Å². The highest BCUT2D eigenvalue weighted by Crippen LogP contribution is 2.11. The van der Waals surface area contributed by atoms with E-state index in [0.29, 0.717) is 12.8 Å². The van der Waals surface area contributed by atoms with Crippen molar-refractivity contribution in [3.05, 3.63) is 0 Å². The molecule has 4 atom stereocenters. The number of carbonyl (C=O) groups excluding carboxylic acids is 3. The van der Waals surface area contributed by atoms with Crippen molar-refractivity contribution in [1.29, 1.82) is 0 Å². The molecule has 0 aliphatic heterocycles. The summed E-state index contributed by atoms with van der Waals surface area (Å²) in [6, 6.07) is -2.62. The molecular formula is C17H32N4O5S. The standard InChI is InChI=1S/C17H32N4O5S/c1-5-10(4)14(21-15(24)11(18)8-27)17(26)20-12(6-9(2)3)16(25)19-7-13(22)23/h9-12,14,27H,5-8,18H2,1-4H3,(H,19,25)(H,20,26)(H,21,24)(H,22,23). The molecule has 0 rings (SSSR count). The Kier molecular flexibility index (Phi) is 11.7. The van der Waals surface area contributed by atoms with Crippen LogP contribution < -0.4 is 21.7 Å². The van der Waals surface area contributed by atoms with E-state index in [1.165, 1.54) is 0 Å². The van der Waals surface area contributed by atoms with Crippen molar-refractivity contribution in [1.82, 2.24) is 16.0 Å². The zero-order valence-electron chi connectivity index (χ0n) is 16.3. The SMILES string of the molecule is CCC(C)C(NC(=O)C(N)CS)C(=O)NC(CC(C)C)C(=O)NCC(=O)O. The normalized spacial score (nSPS) is 15.4. The molecule has 0 aromatic heterocycles. The van der Waals surface area contributed by atoms with Crippen LogP contribution in [0.1, 0.15) is 40.5 Å². The number of hydrogen-bond acceptors (Lipinski definition) is 6. The summed E-state index contributed by atoms with van der Waals surface area (Å²) < 4.78 is 0. The maximum Gasteiger partial charge on any atom is 0.322 e. The Morgan fingerprint density at radius 3 is 2.07 bits per heavy atom. The van der Waals surface area contributed by atoms with Crippen LogP contribution in [0, 0.1) is 11.8 Å². The van der Waals surface area contributed by atoms with Gasteiger partial charge in [-0.05, 0) is 18.3 Å². The average molecular weight is 405 g/mol. The summed E-state index contributed by atoms with van der Waals surface area (Å²) in [5.74, 6) is -2.75. The fraction of sp³-hybridized carbons (Fsp3) is 0.765.